The van der Waals surface area contributed by atoms with Crippen LogP contribution in [0.3, 0.4) is 0 Å². The van der Waals surface area contributed by atoms with Crippen LogP contribution in [0.5, 0.6) is 5.75 Å². The molecule has 29 heavy (non-hydrogen) atoms. The summed E-state index contributed by atoms with van der Waals surface area (Å²) < 4.78 is 38.0. The van der Waals surface area contributed by atoms with Crippen molar-refractivity contribution >= 4 is 10.0 Å². The first-order chi connectivity index (χ1) is 14.0. The Hall–Kier alpha value is -1.97. The summed E-state index contributed by atoms with van der Waals surface area (Å²) in [7, 11) is -1.76. The van der Waals surface area contributed by atoms with E-state index in [1.165, 1.54) is 0 Å². The molecule has 0 N–H and O–H groups in total. The largest absolute Gasteiger partial charge is 0.497 e. The Kier molecular flexibility index (Phi) is 7.26. The monoisotopic (exact) mass is 422 g/mol. The maximum atomic E-state index is 12.9. The molecule has 0 amide bonds. The number of hydrogen-bond acceptors (Lipinski definition) is 7. The minimum Gasteiger partial charge on any atom is -0.497 e. The minimum atomic E-state index is -3.37. The summed E-state index contributed by atoms with van der Waals surface area (Å²) in [6.45, 7) is 7.32. The summed E-state index contributed by atoms with van der Waals surface area (Å²) in [6, 6.07) is 6.97. The second-order valence-electron chi connectivity index (χ2n) is 7.15. The fourth-order valence-corrected chi connectivity index (χ4v) is 5.39. The van der Waals surface area contributed by atoms with Crippen LogP contribution >= 0.6 is 0 Å². The van der Waals surface area contributed by atoms with Gasteiger partial charge in [0.25, 0.3) is 0 Å². The molecular weight excluding hydrogens is 392 g/mol. The summed E-state index contributed by atoms with van der Waals surface area (Å²) in [5.41, 5.74) is 0.799. The second-order valence-corrected chi connectivity index (χ2v) is 9.19. The van der Waals surface area contributed by atoms with Gasteiger partial charge in [-0.25, -0.2) is 8.42 Å². The Labute approximate surface area is 172 Å². The first-order valence-electron chi connectivity index (χ1n) is 10.2. The molecular formula is C20H30N4O4S. The van der Waals surface area contributed by atoms with Gasteiger partial charge in [-0.3, -0.25) is 0 Å². The highest BCUT2D eigenvalue weighted by Gasteiger charge is 2.38. The van der Waals surface area contributed by atoms with Crippen LogP contribution in [0.15, 0.2) is 28.8 Å². The summed E-state index contributed by atoms with van der Waals surface area (Å²) in [5, 5.41) is 4.06. The van der Waals surface area contributed by atoms with E-state index in [-0.39, 0.29) is 11.8 Å². The molecule has 1 aromatic carbocycles. The van der Waals surface area contributed by atoms with E-state index >= 15 is 0 Å². The predicted octanol–water partition coefficient (Wildman–Crippen LogP) is 2.94. The van der Waals surface area contributed by atoms with Crippen molar-refractivity contribution in [1.82, 2.24) is 19.3 Å². The van der Waals surface area contributed by atoms with Crippen LogP contribution < -0.4 is 4.74 Å². The molecule has 8 nitrogen and oxygen atoms in total. The predicted molar refractivity (Wildman–Crippen MR) is 111 cm³/mol. The van der Waals surface area contributed by atoms with Crippen LogP contribution in [0.25, 0.3) is 11.4 Å². The molecule has 1 atom stereocenters. The van der Waals surface area contributed by atoms with E-state index < -0.39 is 10.0 Å². The van der Waals surface area contributed by atoms with E-state index in [1.54, 1.807) is 11.4 Å². The lowest BCUT2D eigenvalue weighted by Gasteiger charge is -2.22. The van der Waals surface area contributed by atoms with Crippen molar-refractivity contribution in [3.63, 3.8) is 0 Å². The molecule has 2 heterocycles. The second kappa shape index (κ2) is 9.69. The van der Waals surface area contributed by atoms with Gasteiger partial charge in [-0.15, -0.1) is 0 Å². The van der Waals surface area contributed by atoms with Gasteiger partial charge >= 0.3 is 0 Å². The van der Waals surface area contributed by atoms with Gasteiger partial charge in [0.2, 0.25) is 21.7 Å². The van der Waals surface area contributed by atoms with Crippen LogP contribution in [0, 0.1) is 0 Å². The molecule has 0 bridgehead atoms. The van der Waals surface area contributed by atoms with E-state index in [4.69, 9.17) is 9.26 Å². The van der Waals surface area contributed by atoms with Gasteiger partial charge in [-0.1, -0.05) is 19.0 Å². The number of rotatable bonds is 10. The van der Waals surface area contributed by atoms with Crippen molar-refractivity contribution in [2.24, 2.45) is 0 Å². The molecule has 9 heteroatoms. The standard InChI is InChI=1S/C20H30N4O4S/c1-4-23(5-2)13-7-15-29(25,26)24-14-6-8-18(24)20-21-19(22-28-20)16-9-11-17(27-3)12-10-16/h9-12,18H,4-8,13-15H2,1-3H3. The number of sulfonamides is 1. The number of hydrogen-bond donors (Lipinski definition) is 0. The van der Waals surface area contributed by atoms with Gasteiger partial charge in [0, 0.05) is 12.1 Å². The Bertz CT molecular complexity index is 878. The number of ether oxygens (including phenoxy) is 1. The molecule has 1 aliphatic rings. The fraction of sp³-hybridized carbons (Fsp3) is 0.600. The Morgan fingerprint density at radius 2 is 1.97 bits per heavy atom. The van der Waals surface area contributed by atoms with Gasteiger partial charge < -0.3 is 14.2 Å². The third-order valence-corrected chi connectivity index (χ3v) is 7.36. The Balaban J connectivity index is 1.69. The minimum absolute atomic E-state index is 0.138. The van der Waals surface area contributed by atoms with Crippen LogP contribution in [0.2, 0.25) is 0 Å². The highest BCUT2D eigenvalue weighted by atomic mass is 32.2. The van der Waals surface area contributed by atoms with Crippen molar-refractivity contribution in [1.29, 1.82) is 0 Å². The van der Waals surface area contributed by atoms with Crippen molar-refractivity contribution in [3.8, 4) is 17.1 Å². The quantitative estimate of drug-likeness (QED) is 0.581. The topological polar surface area (TPSA) is 88.8 Å². The highest BCUT2D eigenvalue weighted by molar-refractivity contribution is 7.89. The van der Waals surface area contributed by atoms with E-state index in [0.29, 0.717) is 31.1 Å². The Morgan fingerprint density at radius 1 is 1.24 bits per heavy atom. The van der Waals surface area contributed by atoms with Crippen molar-refractivity contribution < 1.29 is 17.7 Å². The van der Waals surface area contributed by atoms with Gasteiger partial charge in [-0.05, 0) is 63.2 Å². The number of aromatic nitrogens is 2. The molecule has 2 aromatic rings. The molecule has 1 saturated heterocycles. The van der Waals surface area contributed by atoms with Crippen molar-refractivity contribution in [2.75, 3.05) is 39.0 Å². The maximum Gasteiger partial charge on any atom is 0.245 e. The van der Waals surface area contributed by atoms with E-state index in [2.05, 4.69) is 28.9 Å². The normalized spacial score (nSPS) is 17.9. The lowest BCUT2D eigenvalue weighted by molar-refractivity contribution is 0.287. The highest BCUT2D eigenvalue weighted by Crippen LogP contribution is 2.34. The molecule has 1 aliphatic heterocycles. The first-order valence-corrected chi connectivity index (χ1v) is 11.8. The average molecular weight is 423 g/mol. The average Bonchev–Trinajstić information content (AvgIpc) is 3.41. The SMILES string of the molecule is CCN(CC)CCCS(=O)(=O)N1CCCC1c1nc(-c2ccc(OC)cc2)no1. The number of nitrogens with zero attached hydrogens (tertiary/aromatic N) is 4. The van der Waals surface area contributed by atoms with Crippen LogP contribution in [0.1, 0.15) is 45.0 Å². The van der Waals surface area contributed by atoms with E-state index in [9.17, 15) is 8.42 Å². The smallest absolute Gasteiger partial charge is 0.245 e. The van der Waals surface area contributed by atoms with Gasteiger partial charge in [0.1, 0.15) is 11.8 Å². The van der Waals surface area contributed by atoms with Gasteiger partial charge in [-0.2, -0.15) is 9.29 Å². The molecule has 0 spiro atoms. The lowest BCUT2D eigenvalue weighted by Crippen LogP contribution is -2.34. The first kappa shape index (κ1) is 21.7. The van der Waals surface area contributed by atoms with Crippen LogP contribution in [0.4, 0.5) is 0 Å². The molecule has 1 aromatic heterocycles. The molecule has 0 radical (unpaired) electrons. The summed E-state index contributed by atoms with van der Waals surface area (Å²) >= 11 is 0. The molecule has 1 unspecified atom stereocenters. The van der Waals surface area contributed by atoms with E-state index in [0.717, 1.165) is 37.4 Å². The maximum absolute atomic E-state index is 12.9. The molecule has 0 aliphatic carbocycles. The zero-order valence-corrected chi connectivity index (χ0v) is 18.2. The zero-order valence-electron chi connectivity index (χ0n) is 17.4. The van der Waals surface area contributed by atoms with Crippen molar-refractivity contribution in [3.05, 3.63) is 30.2 Å². The molecule has 1 fully saturated rings. The lowest BCUT2D eigenvalue weighted by atomic mass is 10.2. The van der Waals surface area contributed by atoms with Gasteiger partial charge in [0.15, 0.2) is 0 Å². The van der Waals surface area contributed by atoms with Crippen LogP contribution in [-0.2, 0) is 10.0 Å². The third kappa shape index (κ3) is 5.15. The molecule has 3 rings (SSSR count). The number of benzene rings is 1. The molecule has 0 saturated carbocycles. The summed E-state index contributed by atoms with van der Waals surface area (Å²) in [5.74, 6) is 1.70. The molecule has 160 valence electrons. The Morgan fingerprint density at radius 3 is 2.62 bits per heavy atom. The van der Waals surface area contributed by atoms with Crippen molar-refractivity contribution in [2.45, 2.75) is 39.2 Å². The zero-order chi connectivity index (χ0) is 20.9. The van der Waals surface area contributed by atoms with Gasteiger partial charge in [0.05, 0.1) is 12.9 Å². The van der Waals surface area contributed by atoms with E-state index in [1.807, 2.05) is 24.3 Å². The number of methoxy groups -OCH3 is 1. The third-order valence-electron chi connectivity index (χ3n) is 5.41. The summed E-state index contributed by atoms with van der Waals surface area (Å²) in [4.78, 5) is 6.72. The summed E-state index contributed by atoms with van der Waals surface area (Å²) in [6.07, 6.45) is 2.11. The fourth-order valence-electron chi connectivity index (χ4n) is 3.68. The van der Waals surface area contributed by atoms with Crippen LogP contribution in [-0.4, -0.2) is 66.8 Å².